The van der Waals surface area contributed by atoms with Gasteiger partial charge in [0.15, 0.2) is 0 Å². The summed E-state index contributed by atoms with van der Waals surface area (Å²) in [5.41, 5.74) is 1.32. The van der Waals surface area contributed by atoms with Gasteiger partial charge in [-0.15, -0.1) is 0 Å². The fraction of sp³-hybridized carbons (Fsp3) is 0.588. The van der Waals surface area contributed by atoms with Crippen molar-refractivity contribution in [1.82, 2.24) is 10.6 Å². The van der Waals surface area contributed by atoms with Crippen LogP contribution in [0.25, 0.3) is 0 Å². The number of amides is 1. The van der Waals surface area contributed by atoms with E-state index in [0.717, 1.165) is 13.0 Å². The van der Waals surface area contributed by atoms with Crippen molar-refractivity contribution in [1.29, 1.82) is 0 Å². The largest absolute Gasteiger partial charge is 0.379 e. The van der Waals surface area contributed by atoms with Gasteiger partial charge in [0.25, 0.3) is 0 Å². The maximum atomic E-state index is 12.2. The molecular weight excluding hydrogens is 264 g/mol. The van der Waals surface area contributed by atoms with Gasteiger partial charge in [0.05, 0.1) is 19.1 Å². The predicted molar refractivity (Wildman–Crippen MR) is 84.3 cm³/mol. The van der Waals surface area contributed by atoms with Crippen molar-refractivity contribution in [2.45, 2.75) is 32.2 Å². The Bertz CT molecular complexity index is 436. The molecular formula is C17H26N2O2. The number of nitrogens with one attached hydrogen (secondary N) is 2. The number of benzene rings is 1. The standard InChI is InChI=1S/C17H26N2O2/c1-3-18-16-12-21-11-15(16)17(20)19-10-9-13(2)14-7-5-4-6-8-14/h4-8,13,15-16,18H,3,9-12H2,1-2H3,(H,19,20). The van der Waals surface area contributed by atoms with Crippen LogP contribution in [0.15, 0.2) is 30.3 Å². The highest BCUT2D eigenvalue weighted by atomic mass is 16.5. The molecule has 0 radical (unpaired) electrons. The van der Waals surface area contributed by atoms with Gasteiger partial charge in [-0.25, -0.2) is 0 Å². The van der Waals surface area contributed by atoms with Crippen molar-refractivity contribution in [2.24, 2.45) is 5.92 Å². The molecule has 1 fully saturated rings. The SMILES string of the molecule is CCNC1COCC1C(=O)NCCC(C)c1ccccc1. The van der Waals surface area contributed by atoms with Crippen LogP contribution in [0.1, 0.15) is 31.7 Å². The van der Waals surface area contributed by atoms with E-state index in [1.165, 1.54) is 5.56 Å². The summed E-state index contributed by atoms with van der Waals surface area (Å²) in [5, 5.41) is 6.37. The van der Waals surface area contributed by atoms with Gasteiger partial charge in [-0.3, -0.25) is 4.79 Å². The van der Waals surface area contributed by atoms with E-state index in [4.69, 9.17) is 4.74 Å². The summed E-state index contributed by atoms with van der Waals surface area (Å²) in [7, 11) is 0. The van der Waals surface area contributed by atoms with E-state index in [1.54, 1.807) is 0 Å². The zero-order valence-corrected chi connectivity index (χ0v) is 13.0. The van der Waals surface area contributed by atoms with Crippen LogP contribution in [0.2, 0.25) is 0 Å². The molecule has 0 aliphatic carbocycles. The van der Waals surface area contributed by atoms with Gasteiger partial charge in [-0.1, -0.05) is 44.2 Å². The summed E-state index contributed by atoms with van der Waals surface area (Å²) in [6.07, 6.45) is 0.954. The second-order valence-corrected chi connectivity index (χ2v) is 5.70. The molecule has 3 unspecified atom stereocenters. The second-order valence-electron chi connectivity index (χ2n) is 5.70. The van der Waals surface area contributed by atoms with Gasteiger partial charge < -0.3 is 15.4 Å². The average molecular weight is 290 g/mol. The minimum absolute atomic E-state index is 0.0584. The second kappa shape index (κ2) is 8.15. The molecule has 1 amide bonds. The molecule has 1 aliphatic heterocycles. The van der Waals surface area contributed by atoms with Crippen molar-refractivity contribution in [3.63, 3.8) is 0 Å². The van der Waals surface area contributed by atoms with E-state index in [1.807, 2.05) is 6.07 Å². The molecule has 2 N–H and O–H groups in total. The van der Waals surface area contributed by atoms with Crippen LogP contribution in [-0.4, -0.2) is 38.3 Å². The van der Waals surface area contributed by atoms with E-state index in [9.17, 15) is 4.79 Å². The Balaban J connectivity index is 1.74. The Morgan fingerprint density at radius 3 is 2.81 bits per heavy atom. The molecule has 3 atom stereocenters. The summed E-state index contributed by atoms with van der Waals surface area (Å²) >= 11 is 0. The molecule has 1 aliphatic rings. The molecule has 1 aromatic rings. The average Bonchev–Trinajstić information content (AvgIpc) is 2.96. The molecule has 1 heterocycles. The maximum absolute atomic E-state index is 12.2. The van der Waals surface area contributed by atoms with Gasteiger partial charge in [-0.05, 0) is 24.4 Å². The number of likely N-dealkylation sites (N-methyl/N-ethyl adjacent to an activating group) is 1. The molecule has 116 valence electrons. The van der Waals surface area contributed by atoms with Crippen molar-refractivity contribution in [2.75, 3.05) is 26.3 Å². The van der Waals surface area contributed by atoms with Crippen LogP contribution in [-0.2, 0) is 9.53 Å². The van der Waals surface area contributed by atoms with Crippen LogP contribution < -0.4 is 10.6 Å². The summed E-state index contributed by atoms with van der Waals surface area (Å²) in [4.78, 5) is 12.2. The molecule has 4 heteroatoms. The minimum atomic E-state index is -0.0584. The van der Waals surface area contributed by atoms with Crippen LogP contribution in [0, 0.1) is 5.92 Å². The summed E-state index contributed by atoms with van der Waals surface area (Å²) < 4.78 is 5.42. The first kappa shape index (κ1) is 16.0. The Morgan fingerprint density at radius 2 is 2.10 bits per heavy atom. The first-order valence-corrected chi connectivity index (χ1v) is 7.86. The third-order valence-electron chi connectivity index (χ3n) is 4.13. The van der Waals surface area contributed by atoms with E-state index >= 15 is 0 Å². The molecule has 1 saturated heterocycles. The third-order valence-corrected chi connectivity index (χ3v) is 4.13. The Labute approximate surface area is 127 Å². The number of ether oxygens (including phenoxy) is 1. The highest BCUT2D eigenvalue weighted by Crippen LogP contribution is 2.18. The summed E-state index contributed by atoms with van der Waals surface area (Å²) in [6, 6.07) is 10.6. The molecule has 21 heavy (non-hydrogen) atoms. The number of rotatable bonds is 7. The topological polar surface area (TPSA) is 50.4 Å². The number of hydrogen-bond acceptors (Lipinski definition) is 3. The Morgan fingerprint density at radius 1 is 1.33 bits per heavy atom. The predicted octanol–water partition coefficient (Wildman–Crippen LogP) is 1.92. The smallest absolute Gasteiger partial charge is 0.227 e. The van der Waals surface area contributed by atoms with Gasteiger partial charge in [-0.2, -0.15) is 0 Å². The van der Waals surface area contributed by atoms with Crippen molar-refractivity contribution < 1.29 is 9.53 Å². The molecule has 0 saturated carbocycles. The normalized spacial score (nSPS) is 23.0. The zero-order valence-electron chi connectivity index (χ0n) is 13.0. The van der Waals surface area contributed by atoms with Crippen molar-refractivity contribution in [3.8, 4) is 0 Å². The van der Waals surface area contributed by atoms with E-state index < -0.39 is 0 Å². The van der Waals surface area contributed by atoms with E-state index in [-0.39, 0.29) is 17.9 Å². The van der Waals surface area contributed by atoms with E-state index in [2.05, 4.69) is 48.7 Å². The van der Waals surface area contributed by atoms with E-state index in [0.29, 0.717) is 25.7 Å². The van der Waals surface area contributed by atoms with Crippen molar-refractivity contribution in [3.05, 3.63) is 35.9 Å². The number of hydrogen-bond donors (Lipinski definition) is 2. The van der Waals surface area contributed by atoms with Crippen LogP contribution in [0.4, 0.5) is 0 Å². The summed E-state index contributed by atoms with van der Waals surface area (Å²) in [6.45, 7) is 6.98. The fourth-order valence-corrected chi connectivity index (χ4v) is 2.77. The lowest BCUT2D eigenvalue weighted by atomic mass is 9.97. The van der Waals surface area contributed by atoms with Gasteiger partial charge in [0, 0.05) is 12.6 Å². The zero-order chi connectivity index (χ0) is 15.1. The summed E-state index contributed by atoms with van der Waals surface area (Å²) in [5.74, 6) is 0.506. The highest BCUT2D eigenvalue weighted by Gasteiger charge is 2.33. The molecule has 0 spiro atoms. The van der Waals surface area contributed by atoms with Crippen LogP contribution in [0.5, 0.6) is 0 Å². The number of carbonyl (C=O) groups is 1. The number of carbonyl (C=O) groups excluding carboxylic acids is 1. The van der Waals surface area contributed by atoms with Gasteiger partial charge in [0.2, 0.25) is 5.91 Å². The Hall–Kier alpha value is -1.39. The maximum Gasteiger partial charge on any atom is 0.227 e. The first-order valence-electron chi connectivity index (χ1n) is 7.86. The van der Waals surface area contributed by atoms with Crippen LogP contribution >= 0.6 is 0 Å². The quantitative estimate of drug-likeness (QED) is 0.806. The molecule has 0 aromatic heterocycles. The van der Waals surface area contributed by atoms with Gasteiger partial charge >= 0.3 is 0 Å². The monoisotopic (exact) mass is 290 g/mol. The lowest BCUT2D eigenvalue weighted by Gasteiger charge is -2.18. The highest BCUT2D eigenvalue weighted by molar-refractivity contribution is 5.79. The van der Waals surface area contributed by atoms with Crippen LogP contribution in [0.3, 0.4) is 0 Å². The molecule has 4 nitrogen and oxygen atoms in total. The lowest BCUT2D eigenvalue weighted by molar-refractivity contribution is -0.125. The van der Waals surface area contributed by atoms with Crippen molar-refractivity contribution >= 4 is 5.91 Å². The molecule has 1 aromatic carbocycles. The first-order chi connectivity index (χ1) is 10.2. The fourth-order valence-electron chi connectivity index (χ4n) is 2.77. The molecule has 0 bridgehead atoms. The lowest BCUT2D eigenvalue weighted by Crippen LogP contribution is -2.44. The minimum Gasteiger partial charge on any atom is -0.379 e. The Kier molecular flexibility index (Phi) is 6.21. The third kappa shape index (κ3) is 4.55. The molecule has 2 rings (SSSR count). The van der Waals surface area contributed by atoms with Gasteiger partial charge in [0.1, 0.15) is 0 Å².